The van der Waals surface area contributed by atoms with Crippen molar-refractivity contribution in [2.45, 2.75) is 39.2 Å². The van der Waals surface area contributed by atoms with E-state index in [-0.39, 0.29) is 5.91 Å². The Morgan fingerprint density at radius 1 is 0.852 bits per heavy atom. The molecular weight excluding hydrogens is 332 g/mol. The number of rotatable bonds is 3. The minimum absolute atomic E-state index is 0.212. The van der Waals surface area contributed by atoms with E-state index in [0.29, 0.717) is 5.41 Å². The summed E-state index contributed by atoms with van der Waals surface area (Å²) in [5.74, 6) is 0.212. The van der Waals surface area contributed by atoms with E-state index in [9.17, 15) is 4.79 Å². The number of benzene rings is 2. The second kappa shape index (κ2) is 7.85. The molecule has 2 aliphatic heterocycles. The molecular formula is C24H30N2O. The lowest BCUT2D eigenvalue weighted by molar-refractivity contribution is 0.0285. The van der Waals surface area contributed by atoms with Crippen LogP contribution in [0.5, 0.6) is 0 Å². The maximum atomic E-state index is 12.9. The van der Waals surface area contributed by atoms with Gasteiger partial charge in [0.25, 0.3) is 5.91 Å². The van der Waals surface area contributed by atoms with Gasteiger partial charge >= 0.3 is 0 Å². The molecule has 142 valence electrons. The normalized spacial score (nSPS) is 20.0. The van der Waals surface area contributed by atoms with Crippen LogP contribution in [0.2, 0.25) is 0 Å². The minimum atomic E-state index is 0.212. The number of hydrogen-bond acceptors (Lipinski definition) is 2. The van der Waals surface area contributed by atoms with Gasteiger partial charge in [-0.3, -0.25) is 9.69 Å². The van der Waals surface area contributed by atoms with Gasteiger partial charge in [-0.05, 0) is 68.3 Å². The van der Waals surface area contributed by atoms with E-state index in [0.717, 1.165) is 43.6 Å². The highest BCUT2D eigenvalue weighted by Crippen LogP contribution is 2.41. The molecule has 0 radical (unpaired) electrons. The van der Waals surface area contributed by atoms with Gasteiger partial charge in [0.05, 0.1) is 0 Å². The van der Waals surface area contributed by atoms with Crippen molar-refractivity contribution in [1.82, 2.24) is 9.80 Å². The second-order valence-corrected chi connectivity index (χ2v) is 8.37. The average molecular weight is 363 g/mol. The Balaban J connectivity index is 1.31. The predicted molar refractivity (Wildman–Crippen MR) is 110 cm³/mol. The number of carbonyl (C=O) groups is 1. The Morgan fingerprint density at radius 2 is 1.44 bits per heavy atom. The number of aryl methyl sites for hydroxylation is 1. The standard InChI is InChI=1S/C24H30N2O/c1-20-7-5-6-10-22(20)23(27)26-17-13-24(14-18-26)11-15-25(16-12-24)19-21-8-3-2-4-9-21/h2-10H,11-19H2,1H3. The average Bonchev–Trinajstić information content (AvgIpc) is 2.71. The van der Waals surface area contributed by atoms with Gasteiger partial charge in [0.2, 0.25) is 0 Å². The summed E-state index contributed by atoms with van der Waals surface area (Å²) in [5, 5.41) is 0. The lowest BCUT2D eigenvalue weighted by Crippen LogP contribution is -2.48. The van der Waals surface area contributed by atoms with Crippen LogP contribution in [0.15, 0.2) is 54.6 Å². The molecule has 2 heterocycles. The summed E-state index contributed by atoms with van der Waals surface area (Å²) in [6.45, 7) is 7.27. The van der Waals surface area contributed by atoms with Crippen LogP contribution in [0.4, 0.5) is 0 Å². The Morgan fingerprint density at radius 3 is 2.11 bits per heavy atom. The Bertz CT molecular complexity index is 768. The number of amides is 1. The monoisotopic (exact) mass is 362 g/mol. The second-order valence-electron chi connectivity index (χ2n) is 8.37. The van der Waals surface area contributed by atoms with Crippen LogP contribution in [-0.4, -0.2) is 41.9 Å². The SMILES string of the molecule is Cc1ccccc1C(=O)N1CCC2(CCN(Cc3ccccc3)CC2)CC1. The van der Waals surface area contributed by atoms with Crippen molar-refractivity contribution >= 4 is 5.91 Å². The largest absolute Gasteiger partial charge is 0.339 e. The third kappa shape index (κ3) is 4.08. The Hall–Kier alpha value is -2.13. The van der Waals surface area contributed by atoms with Gasteiger partial charge in [0.1, 0.15) is 0 Å². The van der Waals surface area contributed by atoms with E-state index in [1.807, 2.05) is 31.2 Å². The highest BCUT2D eigenvalue weighted by atomic mass is 16.2. The molecule has 0 aliphatic carbocycles. The van der Waals surface area contributed by atoms with Gasteiger partial charge in [-0.25, -0.2) is 0 Å². The van der Waals surface area contributed by atoms with Crippen molar-refractivity contribution in [2.24, 2.45) is 5.41 Å². The number of hydrogen-bond donors (Lipinski definition) is 0. The van der Waals surface area contributed by atoms with Crippen molar-refractivity contribution in [2.75, 3.05) is 26.2 Å². The Labute approximate surface area is 163 Å². The highest BCUT2D eigenvalue weighted by Gasteiger charge is 2.38. The first kappa shape index (κ1) is 18.2. The zero-order valence-electron chi connectivity index (χ0n) is 16.4. The molecule has 0 saturated carbocycles. The summed E-state index contributed by atoms with van der Waals surface area (Å²) in [6.07, 6.45) is 4.85. The van der Waals surface area contributed by atoms with Crippen molar-refractivity contribution in [3.05, 3.63) is 71.3 Å². The first-order valence-electron chi connectivity index (χ1n) is 10.3. The van der Waals surface area contributed by atoms with Crippen LogP contribution in [0.3, 0.4) is 0 Å². The molecule has 3 heteroatoms. The molecule has 0 atom stereocenters. The van der Waals surface area contributed by atoms with Crippen LogP contribution in [0, 0.1) is 12.3 Å². The molecule has 2 aromatic carbocycles. The van der Waals surface area contributed by atoms with E-state index >= 15 is 0 Å². The quantitative estimate of drug-likeness (QED) is 0.802. The zero-order chi connectivity index (χ0) is 18.7. The molecule has 0 bridgehead atoms. The molecule has 1 amide bonds. The van der Waals surface area contributed by atoms with Gasteiger partial charge in [-0.15, -0.1) is 0 Å². The molecule has 2 aliphatic rings. The molecule has 1 spiro atoms. The molecule has 2 fully saturated rings. The number of carbonyl (C=O) groups excluding carboxylic acids is 1. The van der Waals surface area contributed by atoms with E-state index in [1.165, 1.54) is 31.5 Å². The maximum Gasteiger partial charge on any atom is 0.254 e. The topological polar surface area (TPSA) is 23.6 Å². The van der Waals surface area contributed by atoms with Gasteiger partial charge in [0, 0.05) is 25.2 Å². The summed E-state index contributed by atoms with van der Waals surface area (Å²) in [6, 6.07) is 18.7. The van der Waals surface area contributed by atoms with Crippen molar-refractivity contribution in [3.8, 4) is 0 Å². The van der Waals surface area contributed by atoms with Crippen LogP contribution in [-0.2, 0) is 6.54 Å². The zero-order valence-corrected chi connectivity index (χ0v) is 16.4. The number of likely N-dealkylation sites (tertiary alicyclic amines) is 2. The van der Waals surface area contributed by atoms with Gasteiger partial charge in [-0.2, -0.15) is 0 Å². The third-order valence-corrected chi connectivity index (χ3v) is 6.65. The van der Waals surface area contributed by atoms with Crippen LogP contribution < -0.4 is 0 Å². The number of piperidine rings is 2. The van der Waals surface area contributed by atoms with Crippen LogP contribution >= 0.6 is 0 Å². The fourth-order valence-electron chi connectivity index (χ4n) is 4.69. The molecule has 0 N–H and O–H groups in total. The molecule has 27 heavy (non-hydrogen) atoms. The van der Waals surface area contributed by atoms with Crippen molar-refractivity contribution < 1.29 is 4.79 Å². The van der Waals surface area contributed by atoms with E-state index in [2.05, 4.69) is 40.1 Å². The summed E-state index contributed by atoms with van der Waals surface area (Å²) < 4.78 is 0. The highest BCUT2D eigenvalue weighted by molar-refractivity contribution is 5.95. The van der Waals surface area contributed by atoms with E-state index < -0.39 is 0 Å². The minimum Gasteiger partial charge on any atom is -0.339 e. The lowest BCUT2D eigenvalue weighted by Gasteiger charge is -2.47. The van der Waals surface area contributed by atoms with Crippen LogP contribution in [0.25, 0.3) is 0 Å². The van der Waals surface area contributed by atoms with Gasteiger partial charge < -0.3 is 4.90 Å². The smallest absolute Gasteiger partial charge is 0.254 e. The third-order valence-electron chi connectivity index (χ3n) is 6.65. The van der Waals surface area contributed by atoms with Crippen LogP contribution in [0.1, 0.15) is 47.2 Å². The fourth-order valence-corrected chi connectivity index (χ4v) is 4.69. The first-order chi connectivity index (χ1) is 13.2. The van der Waals surface area contributed by atoms with Crippen molar-refractivity contribution in [3.63, 3.8) is 0 Å². The molecule has 2 saturated heterocycles. The molecule has 2 aromatic rings. The summed E-state index contributed by atoms with van der Waals surface area (Å²) in [5.41, 5.74) is 3.81. The molecule has 4 rings (SSSR count). The molecule has 3 nitrogen and oxygen atoms in total. The maximum absolute atomic E-state index is 12.9. The molecule has 0 unspecified atom stereocenters. The Kier molecular flexibility index (Phi) is 5.31. The molecule has 0 aromatic heterocycles. The first-order valence-corrected chi connectivity index (χ1v) is 10.3. The summed E-state index contributed by atoms with van der Waals surface area (Å²) in [4.78, 5) is 17.5. The van der Waals surface area contributed by atoms with Gasteiger partial charge in [-0.1, -0.05) is 48.5 Å². The van der Waals surface area contributed by atoms with Crippen molar-refractivity contribution in [1.29, 1.82) is 0 Å². The summed E-state index contributed by atoms with van der Waals surface area (Å²) in [7, 11) is 0. The summed E-state index contributed by atoms with van der Waals surface area (Å²) >= 11 is 0. The lowest BCUT2D eigenvalue weighted by atomic mass is 9.71. The number of nitrogens with zero attached hydrogens (tertiary/aromatic N) is 2. The van der Waals surface area contributed by atoms with E-state index in [4.69, 9.17) is 0 Å². The van der Waals surface area contributed by atoms with Gasteiger partial charge in [0.15, 0.2) is 0 Å². The fraction of sp³-hybridized carbons (Fsp3) is 0.458. The van der Waals surface area contributed by atoms with E-state index in [1.54, 1.807) is 0 Å². The predicted octanol–water partition coefficient (Wildman–Crippen LogP) is 4.51.